The Bertz CT molecular complexity index is 283. The van der Waals surface area contributed by atoms with Crippen LogP contribution in [0, 0.1) is 5.92 Å². The molecule has 0 amide bonds. The Morgan fingerprint density at radius 2 is 2.00 bits per heavy atom. The molecule has 2 unspecified atom stereocenters. The van der Waals surface area contributed by atoms with Gasteiger partial charge in [-0.15, -0.1) is 0 Å². The predicted octanol–water partition coefficient (Wildman–Crippen LogP) is 3.57. The summed E-state index contributed by atoms with van der Waals surface area (Å²) < 4.78 is 36.7. The molecule has 1 saturated carbocycles. The molecule has 20 heavy (non-hydrogen) atoms. The summed E-state index contributed by atoms with van der Waals surface area (Å²) in [5.74, 6) is 0.675. The van der Waals surface area contributed by atoms with E-state index in [4.69, 9.17) is 0 Å². The standard InChI is InChI=1S/C15H27F3N2/c1-12(4-2-8-15(16,17)18)20(14-6-7-14)11-13-5-3-9-19-10-13/h12-14,19H,2-11H2,1H3. The Hall–Kier alpha value is -0.290. The summed E-state index contributed by atoms with van der Waals surface area (Å²) in [5.41, 5.74) is 0. The number of nitrogens with zero attached hydrogens (tertiary/aromatic N) is 1. The molecule has 2 nitrogen and oxygen atoms in total. The number of piperidine rings is 1. The van der Waals surface area contributed by atoms with Crippen LogP contribution >= 0.6 is 0 Å². The fraction of sp³-hybridized carbons (Fsp3) is 1.00. The predicted molar refractivity (Wildman–Crippen MR) is 74.7 cm³/mol. The second kappa shape index (κ2) is 7.12. The molecule has 2 atom stereocenters. The first-order chi connectivity index (χ1) is 9.46. The van der Waals surface area contributed by atoms with Gasteiger partial charge >= 0.3 is 6.18 Å². The lowest BCUT2D eigenvalue weighted by molar-refractivity contribution is -0.136. The van der Waals surface area contributed by atoms with Crippen LogP contribution in [-0.2, 0) is 0 Å². The maximum Gasteiger partial charge on any atom is 0.389 e. The van der Waals surface area contributed by atoms with Crippen molar-refractivity contribution < 1.29 is 13.2 Å². The van der Waals surface area contributed by atoms with Gasteiger partial charge < -0.3 is 5.32 Å². The van der Waals surface area contributed by atoms with Gasteiger partial charge in [0.2, 0.25) is 0 Å². The number of rotatable bonds is 7. The summed E-state index contributed by atoms with van der Waals surface area (Å²) >= 11 is 0. The van der Waals surface area contributed by atoms with Crippen LogP contribution in [0.3, 0.4) is 0 Å². The highest BCUT2D eigenvalue weighted by Gasteiger charge is 2.34. The van der Waals surface area contributed by atoms with Crippen LogP contribution in [0.5, 0.6) is 0 Å². The smallest absolute Gasteiger partial charge is 0.316 e. The zero-order valence-electron chi connectivity index (χ0n) is 12.4. The van der Waals surface area contributed by atoms with Gasteiger partial charge in [0.15, 0.2) is 0 Å². The third kappa shape index (κ3) is 5.60. The number of alkyl halides is 3. The molecule has 2 fully saturated rings. The largest absolute Gasteiger partial charge is 0.389 e. The van der Waals surface area contributed by atoms with Crippen LogP contribution in [0.4, 0.5) is 13.2 Å². The van der Waals surface area contributed by atoms with E-state index in [1.165, 1.54) is 25.7 Å². The zero-order valence-corrected chi connectivity index (χ0v) is 12.4. The van der Waals surface area contributed by atoms with Crippen LogP contribution < -0.4 is 5.32 Å². The van der Waals surface area contributed by atoms with E-state index in [9.17, 15) is 13.2 Å². The van der Waals surface area contributed by atoms with Crippen molar-refractivity contribution in [2.75, 3.05) is 19.6 Å². The highest BCUT2D eigenvalue weighted by atomic mass is 19.4. The maximum atomic E-state index is 12.2. The van der Waals surface area contributed by atoms with Crippen LogP contribution in [-0.4, -0.2) is 42.8 Å². The first-order valence-electron chi connectivity index (χ1n) is 7.99. The molecule has 0 aromatic heterocycles. The van der Waals surface area contributed by atoms with Crippen molar-refractivity contribution in [1.82, 2.24) is 10.2 Å². The Morgan fingerprint density at radius 3 is 2.55 bits per heavy atom. The Balaban J connectivity index is 1.75. The Labute approximate surface area is 120 Å². The summed E-state index contributed by atoms with van der Waals surface area (Å²) in [5, 5.41) is 3.43. The van der Waals surface area contributed by atoms with Gasteiger partial charge in [-0.05, 0) is 64.5 Å². The monoisotopic (exact) mass is 292 g/mol. The lowest BCUT2D eigenvalue weighted by atomic mass is 9.97. The molecule has 0 aromatic rings. The molecule has 1 heterocycles. The normalized spacial score (nSPS) is 25.9. The molecule has 1 N–H and O–H groups in total. The van der Waals surface area contributed by atoms with E-state index in [1.54, 1.807) is 0 Å². The highest BCUT2D eigenvalue weighted by Crippen LogP contribution is 2.32. The van der Waals surface area contributed by atoms with Crippen LogP contribution in [0.1, 0.15) is 51.9 Å². The molecule has 0 bridgehead atoms. The molecule has 0 spiro atoms. The molecule has 1 aliphatic heterocycles. The number of nitrogens with one attached hydrogen (secondary N) is 1. The quantitative estimate of drug-likeness (QED) is 0.771. The third-order valence-corrected chi connectivity index (χ3v) is 4.53. The first-order valence-corrected chi connectivity index (χ1v) is 7.99. The van der Waals surface area contributed by atoms with Crippen molar-refractivity contribution in [3.63, 3.8) is 0 Å². The Kier molecular flexibility index (Phi) is 5.73. The van der Waals surface area contributed by atoms with Crippen molar-refractivity contribution in [3.8, 4) is 0 Å². The van der Waals surface area contributed by atoms with E-state index in [2.05, 4.69) is 17.1 Å². The number of hydrogen-bond acceptors (Lipinski definition) is 2. The van der Waals surface area contributed by atoms with Crippen LogP contribution in [0.2, 0.25) is 0 Å². The van der Waals surface area contributed by atoms with Crippen molar-refractivity contribution in [1.29, 1.82) is 0 Å². The SMILES string of the molecule is CC(CCCC(F)(F)F)N(CC1CCCNC1)C1CC1. The summed E-state index contributed by atoms with van der Waals surface area (Å²) in [6, 6.07) is 0.921. The first kappa shape index (κ1) is 16.1. The maximum absolute atomic E-state index is 12.2. The van der Waals surface area contributed by atoms with Gasteiger partial charge in [-0.25, -0.2) is 0 Å². The second-order valence-electron chi connectivity index (χ2n) is 6.50. The van der Waals surface area contributed by atoms with Gasteiger partial charge in [-0.1, -0.05) is 0 Å². The topological polar surface area (TPSA) is 15.3 Å². The van der Waals surface area contributed by atoms with Gasteiger partial charge in [-0.3, -0.25) is 4.90 Å². The zero-order chi connectivity index (χ0) is 14.6. The van der Waals surface area contributed by atoms with Crippen LogP contribution in [0.15, 0.2) is 0 Å². The van der Waals surface area contributed by atoms with Gasteiger partial charge in [0.05, 0.1) is 0 Å². The summed E-state index contributed by atoms with van der Waals surface area (Å²) in [7, 11) is 0. The van der Waals surface area contributed by atoms with Crippen molar-refractivity contribution in [2.24, 2.45) is 5.92 Å². The number of hydrogen-bond donors (Lipinski definition) is 1. The molecular weight excluding hydrogens is 265 g/mol. The van der Waals surface area contributed by atoms with Gasteiger partial charge in [-0.2, -0.15) is 13.2 Å². The van der Waals surface area contributed by atoms with Gasteiger partial charge in [0, 0.05) is 25.0 Å². The van der Waals surface area contributed by atoms with Gasteiger partial charge in [0.25, 0.3) is 0 Å². The molecule has 0 aromatic carbocycles. The molecule has 5 heteroatoms. The molecule has 1 aliphatic carbocycles. The molecule has 2 aliphatic rings. The minimum atomic E-state index is -4.00. The number of halogens is 3. The van der Waals surface area contributed by atoms with E-state index in [-0.39, 0.29) is 12.5 Å². The van der Waals surface area contributed by atoms with Gasteiger partial charge in [0.1, 0.15) is 0 Å². The average molecular weight is 292 g/mol. The minimum Gasteiger partial charge on any atom is -0.316 e. The van der Waals surface area contributed by atoms with E-state index in [0.29, 0.717) is 18.4 Å². The fourth-order valence-electron chi connectivity index (χ4n) is 3.24. The van der Waals surface area contributed by atoms with Crippen molar-refractivity contribution in [3.05, 3.63) is 0 Å². The summed E-state index contributed by atoms with van der Waals surface area (Å²) in [6.45, 7) is 5.34. The van der Waals surface area contributed by atoms with Crippen LogP contribution in [0.25, 0.3) is 0 Å². The second-order valence-corrected chi connectivity index (χ2v) is 6.50. The van der Waals surface area contributed by atoms with E-state index >= 15 is 0 Å². The average Bonchev–Trinajstić information content (AvgIpc) is 3.19. The van der Waals surface area contributed by atoms with E-state index in [0.717, 1.165) is 19.6 Å². The molecule has 1 saturated heterocycles. The highest BCUT2D eigenvalue weighted by molar-refractivity contribution is 4.89. The molecule has 0 radical (unpaired) electrons. The minimum absolute atomic E-state index is 0.261. The lowest BCUT2D eigenvalue weighted by Crippen LogP contribution is -2.43. The molecular formula is C15H27F3N2. The van der Waals surface area contributed by atoms with Crippen molar-refractivity contribution >= 4 is 0 Å². The van der Waals surface area contributed by atoms with E-state index < -0.39 is 12.6 Å². The lowest BCUT2D eigenvalue weighted by Gasteiger charge is -2.34. The van der Waals surface area contributed by atoms with E-state index in [1.807, 2.05) is 0 Å². The van der Waals surface area contributed by atoms with Crippen molar-refractivity contribution in [2.45, 2.75) is 70.1 Å². The summed E-state index contributed by atoms with van der Waals surface area (Å²) in [6.07, 6.45) is 1.22. The third-order valence-electron chi connectivity index (χ3n) is 4.53. The molecule has 118 valence electrons. The summed E-state index contributed by atoms with van der Waals surface area (Å²) in [4.78, 5) is 2.48. The molecule has 2 rings (SSSR count). The fourth-order valence-corrected chi connectivity index (χ4v) is 3.24. The Morgan fingerprint density at radius 1 is 1.25 bits per heavy atom.